The predicted molar refractivity (Wildman–Crippen MR) is 144 cm³/mol. The number of carboxylic acid groups (broad SMARTS) is 1. The zero-order chi connectivity index (χ0) is 28.8. The highest BCUT2D eigenvalue weighted by Crippen LogP contribution is 2.13. The normalized spacial score (nSPS) is 14.1. The van der Waals surface area contributed by atoms with E-state index in [1.54, 1.807) is 12.1 Å². The number of primary amides is 1. The van der Waals surface area contributed by atoms with Crippen molar-refractivity contribution in [2.24, 2.45) is 17.4 Å². The second-order valence-corrected chi connectivity index (χ2v) is 10.4. The van der Waals surface area contributed by atoms with Crippen molar-refractivity contribution >= 4 is 41.4 Å². The maximum atomic E-state index is 13.1. The van der Waals surface area contributed by atoms with E-state index in [2.05, 4.69) is 16.0 Å². The van der Waals surface area contributed by atoms with Crippen molar-refractivity contribution in [3.63, 3.8) is 0 Å². The van der Waals surface area contributed by atoms with Crippen molar-refractivity contribution in [2.75, 3.05) is 12.0 Å². The number of nitrogens with one attached hydrogen (secondary N) is 3. The fourth-order valence-electron chi connectivity index (χ4n) is 3.53. The van der Waals surface area contributed by atoms with E-state index in [9.17, 15) is 34.2 Å². The molecule has 0 aliphatic rings. The van der Waals surface area contributed by atoms with Gasteiger partial charge in [-0.25, -0.2) is 4.79 Å². The van der Waals surface area contributed by atoms with E-state index < -0.39 is 53.8 Å². The fourth-order valence-corrected chi connectivity index (χ4v) is 4.00. The number of carbonyl (C=O) groups is 5. The van der Waals surface area contributed by atoms with Gasteiger partial charge in [0.15, 0.2) is 0 Å². The molecule has 38 heavy (non-hydrogen) atoms. The van der Waals surface area contributed by atoms with Crippen LogP contribution in [0.4, 0.5) is 0 Å². The van der Waals surface area contributed by atoms with E-state index >= 15 is 0 Å². The van der Waals surface area contributed by atoms with Crippen molar-refractivity contribution in [2.45, 2.75) is 70.1 Å². The highest BCUT2D eigenvalue weighted by Gasteiger charge is 2.30. The number of thioether (sulfide) groups is 1. The summed E-state index contributed by atoms with van der Waals surface area (Å²) < 4.78 is 0. The summed E-state index contributed by atoms with van der Waals surface area (Å²) in [7, 11) is 0. The topological polar surface area (TPSA) is 214 Å². The molecule has 0 heterocycles. The van der Waals surface area contributed by atoms with Crippen LogP contribution in [0.5, 0.6) is 5.75 Å². The van der Waals surface area contributed by atoms with Crippen molar-refractivity contribution in [1.29, 1.82) is 0 Å². The molecule has 0 aromatic heterocycles. The lowest BCUT2D eigenvalue weighted by molar-refractivity contribution is -0.142. The Morgan fingerprint density at radius 1 is 0.895 bits per heavy atom. The minimum atomic E-state index is -1.27. The van der Waals surface area contributed by atoms with Crippen molar-refractivity contribution < 1.29 is 34.2 Å². The summed E-state index contributed by atoms with van der Waals surface area (Å²) in [6.07, 6.45) is 2.24. The quantitative estimate of drug-likeness (QED) is 0.137. The number of amides is 4. The van der Waals surface area contributed by atoms with Gasteiger partial charge in [0.25, 0.3) is 0 Å². The van der Waals surface area contributed by atoms with Gasteiger partial charge in [-0.15, -0.1) is 0 Å². The lowest BCUT2D eigenvalue weighted by Gasteiger charge is -2.26. The molecule has 0 aliphatic heterocycles. The van der Waals surface area contributed by atoms with Crippen molar-refractivity contribution in [3.05, 3.63) is 29.8 Å². The smallest absolute Gasteiger partial charge is 0.326 e. The number of aromatic hydroxyl groups is 1. The van der Waals surface area contributed by atoms with E-state index in [0.717, 1.165) is 0 Å². The highest BCUT2D eigenvalue weighted by atomic mass is 32.2. The first-order chi connectivity index (χ1) is 17.8. The summed E-state index contributed by atoms with van der Waals surface area (Å²) in [4.78, 5) is 61.6. The minimum absolute atomic E-state index is 0.0205. The predicted octanol–water partition coefficient (Wildman–Crippen LogP) is -0.134. The third kappa shape index (κ3) is 12.3. The molecule has 9 N–H and O–H groups in total. The Labute approximate surface area is 226 Å². The average Bonchev–Trinajstić information content (AvgIpc) is 2.84. The Bertz CT molecular complexity index is 958. The molecule has 212 valence electrons. The largest absolute Gasteiger partial charge is 0.508 e. The van der Waals surface area contributed by atoms with Crippen LogP contribution in [0.2, 0.25) is 0 Å². The summed E-state index contributed by atoms with van der Waals surface area (Å²) in [5.74, 6) is -3.23. The van der Waals surface area contributed by atoms with Crippen LogP contribution in [0, 0.1) is 5.92 Å². The molecule has 4 atom stereocenters. The first kappa shape index (κ1) is 32.7. The summed E-state index contributed by atoms with van der Waals surface area (Å²) in [5.41, 5.74) is 11.5. The van der Waals surface area contributed by atoms with Gasteiger partial charge in [0.1, 0.15) is 23.9 Å². The molecule has 1 aromatic rings. The lowest BCUT2D eigenvalue weighted by atomic mass is 10.0. The molecule has 1 rings (SSSR count). The molecule has 12 nitrogen and oxygen atoms in total. The summed E-state index contributed by atoms with van der Waals surface area (Å²) in [5, 5.41) is 26.8. The molecule has 0 fully saturated rings. The van der Waals surface area contributed by atoms with Gasteiger partial charge in [-0.1, -0.05) is 26.0 Å². The van der Waals surface area contributed by atoms with Crippen LogP contribution < -0.4 is 27.4 Å². The zero-order valence-electron chi connectivity index (χ0n) is 21.9. The number of carbonyl (C=O) groups excluding carboxylic acids is 4. The van der Waals surface area contributed by atoms with Crippen LogP contribution in [-0.4, -0.2) is 76.0 Å². The standard InChI is InChI=1S/C25H39N5O7S/c1-14(2)12-19(24(35)30-20(25(36)37)13-15-4-6-16(31)7-5-15)29-23(34)18(10-11-38-3)28-22(33)17(26)8-9-21(27)32/h4-7,14,17-20,31H,8-13,26H2,1-3H3,(H2,27,32)(H,28,33)(H,29,34)(H,30,35)(H,36,37). The Morgan fingerprint density at radius 2 is 1.45 bits per heavy atom. The van der Waals surface area contributed by atoms with Gasteiger partial charge in [0, 0.05) is 12.8 Å². The van der Waals surface area contributed by atoms with Crippen LogP contribution in [-0.2, 0) is 30.4 Å². The number of carboxylic acids is 1. The van der Waals surface area contributed by atoms with E-state index in [1.165, 1.54) is 23.9 Å². The fraction of sp³-hybridized carbons (Fsp3) is 0.560. The van der Waals surface area contributed by atoms with E-state index in [-0.39, 0.29) is 43.8 Å². The molecular weight excluding hydrogens is 514 g/mol. The van der Waals surface area contributed by atoms with Crippen molar-refractivity contribution in [1.82, 2.24) is 16.0 Å². The number of nitrogens with two attached hydrogens (primary N) is 2. The first-order valence-corrected chi connectivity index (χ1v) is 13.7. The van der Waals surface area contributed by atoms with E-state index in [4.69, 9.17) is 11.5 Å². The van der Waals surface area contributed by atoms with Crippen LogP contribution in [0.3, 0.4) is 0 Å². The number of phenolic OH excluding ortho intramolecular Hbond substituents is 1. The summed E-state index contributed by atoms with van der Waals surface area (Å²) >= 11 is 1.46. The average molecular weight is 554 g/mol. The van der Waals surface area contributed by atoms with Crippen LogP contribution in [0.25, 0.3) is 0 Å². The van der Waals surface area contributed by atoms with E-state index in [0.29, 0.717) is 11.3 Å². The third-order valence-electron chi connectivity index (χ3n) is 5.61. The molecule has 0 bridgehead atoms. The molecule has 0 saturated heterocycles. The second kappa shape index (κ2) is 16.5. The highest BCUT2D eigenvalue weighted by molar-refractivity contribution is 7.98. The Morgan fingerprint density at radius 3 is 1.97 bits per heavy atom. The molecule has 13 heteroatoms. The SMILES string of the molecule is CSCCC(NC(=O)C(N)CCC(N)=O)C(=O)NC(CC(C)C)C(=O)NC(Cc1ccc(O)cc1)C(=O)O. The number of hydrogen-bond donors (Lipinski definition) is 7. The molecule has 0 aliphatic carbocycles. The zero-order valence-corrected chi connectivity index (χ0v) is 22.8. The molecule has 1 aromatic carbocycles. The Kier molecular flexibility index (Phi) is 14.2. The van der Waals surface area contributed by atoms with Gasteiger partial charge in [0.05, 0.1) is 6.04 Å². The molecule has 0 spiro atoms. The van der Waals surface area contributed by atoms with Gasteiger partial charge < -0.3 is 37.6 Å². The van der Waals surface area contributed by atoms with Crippen LogP contribution >= 0.6 is 11.8 Å². The van der Waals surface area contributed by atoms with E-state index in [1.807, 2.05) is 20.1 Å². The number of phenols is 1. The number of hydrogen-bond acceptors (Lipinski definition) is 8. The summed E-state index contributed by atoms with van der Waals surface area (Å²) in [6, 6.07) is 1.58. The monoisotopic (exact) mass is 553 g/mol. The molecular formula is C25H39N5O7S. The molecule has 4 amide bonds. The molecule has 0 radical (unpaired) electrons. The number of aliphatic carboxylic acids is 1. The Hall–Kier alpha value is -3.32. The first-order valence-electron chi connectivity index (χ1n) is 12.3. The Balaban J connectivity index is 2.98. The van der Waals surface area contributed by atoms with Crippen LogP contribution in [0.15, 0.2) is 24.3 Å². The van der Waals surface area contributed by atoms with Gasteiger partial charge in [-0.05, 0) is 54.9 Å². The lowest BCUT2D eigenvalue weighted by Crippen LogP contribution is -2.57. The van der Waals surface area contributed by atoms with Gasteiger partial charge in [0.2, 0.25) is 23.6 Å². The molecule has 0 saturated carbocycles. The maximum absolute atomic E-state index is 13.1. The maximum Gasteiger partial charge on any atom is 0.326 e. The minimum Gasteiger partial charge on any atom is -0.508 e. The van der Waals surface area contributed by atoms with Gasteiger partial charge >= 0.3 is 5.97 Å². The number of benzene rings is 1. The number of rotatable bonds is 17. The van der Waals surface area contributed by atoms with Crippen LogP contribution in [0.1, 0.15) is 45.1 Å². The van der Waals surface area contributed by atoms with Crippen molar-refractivity contribution in [3.8, 4) is 5.75 Å². The summed E-state index contributed by atoms with van der Waals surface area (Å²) in [6.45, 7) is 3.70. The van der Waals surface area contributed by atoms with Gasteiger partial charge in [-0.3, -0.25) is 19.2 Å². The third-order valence-corrected chi connectivity index (χ3v) is 6.26. The second-order valence-electron chi connectivity index (χ2n) is 9.41. The molecule has 4 unspecified atom stereocenters. The van der Waals surface area contributed by atoms with Gasteiger partial charge in [-0.2, -0.15) is 11.8 Å².